The molecule has 0 bridgehead atoms. The van der Waals surface area contributed by atoms with E-state index in [0.29, 0.717) is 28.8 Å². The highest BCUT2D eigenvalue weighted by Gasteiger charge is 2.16. The summed E-state index contributed by atoms with van der Waals surface area (Å²) in [5.74, 6) is 2.16. The molecule has 1 amide bonds. The summed E-state index contributed by atoms with van der Waals surface area (Å²) in [4.78, 5) is 16.8. The number of nitrogens with one attached hydrogen (secondary N) is 1. The van der Waals surface area contributed by atoms with E-state index in [4.69, 9.17) is 14.0 Å². The Morgan fingerprint density at radius 3 is 2.44 bits per heavy atom. The molecular formula is C20H21N3O4. The van der Waals surface area contributed by atoms with Crippen molar-refractivity contribution in [3.8, 4) is 22.9 Å². The van der Waals surface area contributed by atoms with Gasteiger partial charge in [0.15, 0.2) is 0 Å². The van der Waals surface area contributed by atoms with Crippen LogP contribution < -0.4 is 14.8 Å². The summed E-state index contributed by atoms with van der Waals surface area (Å²) in [6.45, 7) is 3.63. The van der Waals surface area contributed by atoms with Crippen LogP contribution in [0.4, 0.5) is 0 Å². The van der Waals surface area contributed by atoms with Crippen LogP contribution in [0.1, 0.15) is 34.8 Å². The SMILES string of the molecule is COc1ccc(C(C)NC(=O)c2ccc(-c3noc(C)n3)cc2)c(OC)c1. The Bertz CT molecular complexity index is 935. The van der Waals surface area contributed by atoms with Crippen LogP contribution in [0.2, 0.25) is 0 Å². The molecule has 7 heteroatoms. The zero-order chi connectivity index (χ0) is 19.4. The lowest BCUT2D eigenvalue weighted by Gasteiger charge is -2.18. The zero-order valence-corrected chi connectivity index (χ0v) is 15.6. The van der Waals surface area contributed by atoms with Crippen LogP contribution in [0.3, 0.4) is 0 Å². The number of methoxy groups -OCH3 is 2. The summed E-state index contributed by atoms with van der Waals surface area (Å²) >= 11 is 0. The van der Waals surface area contributed by atoms with Gasteiger partial charge in [-0.05, 0) is 31.2 Å². The average molecular weight is 367 g/mol. The fourth-order valence-electron chi connectivity index (χ4n) is 2.72. The van der Waals surface area contributed by atoms with Crippen molar-refractivity contribution < 1.29 is 18.8 Å². The summed E-state index contributed by atoms with van der Waals surface area (Å²) in [6.07, 6.45) is 0. The second kappa shape index (κ2) is 7.90. The van der Waals surface area contributed by atoms with Crippen molar-refractivity contribution in [2.75, 3.05) is 14.2 Å². The molecule has 0 saturated carbocycles. The van der Waals surface area contributed by atoms with Gasteiger partial charge in [0.25, 0.3) is 5.91 Å². The molecule has 1 N–H and O–H groups in total. The molecule has 0 aliphatic carbocycles. The van der Waals surface area contributed by atoms with E-state index < -0.39 is 0 Å². The van der Waals surface area contributed by atoms with Gasteiger partial charge >= 0.3 is 0 Å². The maximum atomic E-state index is 12.6. The number of rotatable bonds is 6. The number of hydrogen-bond acceptors (Lipinski definition) is 6. The number of carbonyl (C=O) groups is 1. The van der Waals surface area contributed by atoms with E-state index in [1.54, 1.807) is 51.5 Å². The topological polar surface area (TPSA) is 86.5 Å². The minimum Gasteiger partial charge on any atom is -0.497 e. The minimum atomic E-state index is -0.238. The zero-order valence-electron chi connectivity index (χ0n) is 15.6. The Labute approximate surface area is 157 Å². The molecule has 1 heterocycles. The number of hydrogen-bond donors (Lipinski definition) is 1. The van der Waals surface area contributed by atoms with Gasteiger partial charge in [-0.25, -0.2) is 0 Å². The number of benzene rings is 2. The van der Waals surface area contributed by atoms with Gasteiger partial charge in [0.05, 0.1) is 20.3 Å². The highest BCUT2D eigenvalue weighted by molar-refractivity contribution is 5.94. The first-order chi connectivity index (χ1) is 13.0. The van der Waals surface area contributed by atoms with Crippen LogP contribution in [-0.2, 0) is 0 Å². The van der Waals surface area contributed by atoms with E-state index in [1.807, 2.05) is 19.1 Å². The normalized spacial score (nSPS) is 11.7. The van der Waals surface area contributed by atoms with Crippen molar-refractivity contribution in [2.24, 2.45) is 0 Å². The fourth-order valence-corrected chi connectivity index (χ4v) is 2.72. The smallest absolute Gasteiger partial charge is 0.251 e. The number of nitrogens with zero attached hydrogens (tertiary/aromatic N) is 2. The summed E-state index contributed by atoms with van der Waals surface area (Å²) < 4.78 is 15.6. The predicted octanol–water partition coefficient (Wildman–Crippen LogP) is 3.55. The average Bonchev–Trinajstić information content (AvgIpc) is 3.13. The molecule has 0 saturated heterocycles. The first kappa shape index (κ1) is 18.4. The summed E-state index contributed by atoms with van der Waals surface area (Å²) in [5, 5.41) is 6.85. The monoisotopic (exact) mass is 367 g/mol. The van der Waals surface area contributed by atoms with Crippen molar-refractivity contribution in [2.45, 2.75) is 19.9 Å². The van der Waals surface area contributed by atoms with E-state index in [-0.39, 0.29) is 11.9 Å². The van der Waals surface area contributed by atoms with Crippen LogP contribution >= 0.6 is 0 Å². The second-order valence-electron chi connectivity index (χ2n) is 6.02. The summed E-state index contributed by atoms with van der Waals surface area (Å²) in [6, 6.07) is 12.3. The molecule has 0 spiro atoms. The maximum absolute atomic E-state index is 12.6. The molecule has 27 heavy (non-hydrogen) atoms. The molecule has 140 valence electrons. The van der Waals surface area contributed by atoms with E-state index in [9.17, 15) is 4.79 Å². The number of carbonyl (C=O) groups excluding carboxylic acids is 1. The molecule has 1 unspecified atom stereocenters. The molecule has 0 fully saturated rings. The quantitative estimate of drug-likeness (QED) is 0.717. The van der Waals surface area contributed by atoms with Gasteiger partial charge in [-0.2, -0.15) is 4.98 Å². The summed E-state index contributed by atoms with van der Waals surface area (Å²) in [7, 11) is 3.18. The minimum absolute atomic E-state index is 0.184. The van der Waals surface area contributed by atoms with Gasteiger partial charge in [0.2, 0.25) is 11.7 Å². The van der Waals surface area contributed by atoms with Crippen LogP contribution in [0.5, 0.6) is 11.5 Å². The van der Waals surface area contributed by atoms with E-state index >= 15 is 0 Å². The first-order valence-electron chi connectivity index (χ1n) is 8.45. The van der Waals surface area contributed by atoms with Crippen molar-refractivity contribution in [3.05, 3.63) is 59.5 Å². The van der Waals surface area contributed by atoms with E-state index in [0.717, 1.165) is 11.1 Å². The number of amides is 1. The Morgan fingerprint density at radius 1 is 1.11 bits per heavy atom. The van der Waals surface area contributed by atoms with Gasteiger partial charge in [-0.3, -0.25) is 4.79 Å². The molecule has 0 aliphatic heterocycles. The Morgan fingerprint density at radius 2 is 1.85 bits per heavy atom. The lowest BCUT2D eigenvalue weighted by Crippen LogP contribution is -2.26. The Balaban J connectivity index is 1.73. The third-order valence-electron chi connectivity index (χ3n) is 4.19. The predicted molar refractivity (Wildman–Crippen MR) is 99.9 cm³/mol. The van der Waals surface area contributed by atoms with Crippen molar-refractivity contribution in [1.82, 2.24) is 15.5 Å². The number of aromatic nitrogens is 2. The molecule has 2 aromatic carbocycles. The van der Waals surface area contributed by atoms with Crippen LogP contribution in [0.25, 0.3) is 11.4 Å². The molecule has 3 aromatic rings. The lowest BCUT2D eigenvalue weighted by atomic mass is 10.1. The number of ether oxygens (including phenoxy) is 2. The van der Waals surface area contributed by atoms with Crippen molar-refractivity contribution >= 4 is 5.91 Å². The highest BCUT2D eigenvalue weighted by atomic mass is 16.5. The standard InChI is InChI=1S/C20H21N3O4/c1-12(17-10-9-16(25-3)11-18(17)26-4)21-20(24)15-7-5-14(6-8-15)19-22-13(2)27-23-19/h5-12H,1-4H3,(H,21,24). The van der Waals surface area contributed by atoms with Gasteiger partial charge in [0, 0.05) is 29.7 Å². The molecule has 1 atom stereocenters. The molecule has 3 rings (SSSR count). The second-order valence-corrected chi connectivity index (χ2v) is 6.02. The van der Waals surface area contributed by atoms with Crippen LogP contribution in [0, 0.1) is 6.92 Å². The molecule has 7 nitrogen and oxygen atoms in total. The van der Waals surface area contributed by atoms with Gasteiger partial charge < -0.3 is 19.3 Å². The number of aryl methyl sites for hydroxylation is 1. The van der Waals surface area contributed by atoms with Crippen LogP contribution in [-0.4, -0.2) is 30.3 Å². The molecular weight excluding hydrogens is 346 g/mol. The fraction of sp³-hybridized carbons (Fsp3) is 0.250. The maximum Gasteiger partial charge on any atom is 0.251 e. The molecule has 1 aromatic heterocycles. The third kappa shape index (κ3) is 4.08. The van der Waals surface area contributed by atoms with Crippen LogP contribution in [0.15, 0.2) is 47.0 Å². The first-order valence-corrected chi connectivity index (χ1v) is 8.45. The van der Waals surface area contributed by atoms with E-state index in [2.05, 4.69) is 15.5 Å². The van der Waals surface area contributed by atoms with Gasteiger partial charge in [0.1, 0.15) is 11.5 Å². The van der Waals surface area contributed by atoms with Crippen molar-refractivity contribution in [3.63, 3.8) is 0 Å². The van der Waals surface area contributed by atoms with E-state index in [1.165, 1.54) is 0 Å². The molecule has 0 aliphatic rings. The third-order valence-corrected chi connectivity index (χ3v) is 4.19. The van der Waals surface area contributed by atoms with Gasteiger partial charge in [-0.1, -0.05) is 17.3 Å². The Hall–Kier alpha value is -3.35. The highest BCUT2D eigenvalue weighted by Crippen LogP contribution is 2.29. The summed E-state index contributed by atoms with van der Waals surface area (Å²) in [5.41, 5.74) is 2.19. The van der Waals surface area contributed by atoms with Gasteiger partial charge in [-0.15, -0.1) is 0 Å². The van der Waals surface area contributed by atoms with Crippen molar-refractivity contribution in [1.29, 1.82) is 0 Å². The largest absolute Gasteiger partial charge is 0.497 e. The Kier molecular flexibility index (Phi) is 5.40. The molecule has 0 radical (unpaired) electrons. The lowest BCUT2D eigenvalue weighted by molar-refractivity contribution is 0.0939.